The highest BCUT2D eigenvalue weighted by Crippen LogP contribution is 2.39. The quantitative estimate of drug-likeness (QED) is 0.361. The Morgan fingerprint density at radius 3 is 2.55 bits per heavy atom. The van der Waals surface area contributed by atoms with Crippen LogP contribution in [-0.4, -0.2) is 32.0 Å². The van der Waals surface area contributed by atoms with E-state index in [9.17, 15) is 8.78 Å². The summed E-state index contributed by atoms with van der Waals surface area (Å²) in [7, 11) is 0. The Bertz CT molecular complexity index is 648. The Morgan fingerprint density at radius 2 is 1.90 bits per heavy atom. The second kappa shape index (κ2) is 11.1. The van der Waals surface area contributed by atoms with Gasteiger partial charge in [0, 0.05) is 6.61 Å². The van der Waals surface area contributed by atoms with Crippen molar-refractivity contribution in [3.63, 3.8) is 0 Å². The molecule has 1 aliphatic carbocycles. The fourth-order valence-electron chi connectivity index (χ4n) is 4.28. The van der Waals surface area contributed by atoms with Crippen LogP contribution in [-0.2, 0) is 9.47 Å². The van der Waals surface area contributed by atoms with Gasteiger partial charge in [0.15, 0.2) is 11.6 Å². The standard InChI is InChI=1S/C24H34F2O3/c1-3-5-14-27-22-13-12-21(23(25)24(22)26)18-8-6-17(7-9-18)15-28-20-11-10-19(4-2)29-16-20/h4,12-13,17-20H,2-3,5-11,14-16H2,1H3. The Kier molecular flexibility index (Phi) is 8.49. The minimum absolute atomic E-state index is 0.0233. The van der Waals surface area contributed by atoms with Crippen LogP contribution in [0.4, 0.5) is 8.78 Å². The topological polar surface area (TPSA) is 27.7 Å². The summed E-state index contributed by atoms with van der Waals surface area (Å²) in [4.78, 5) is 0. The van der Waals surface area contributed by atoms with Crippen LogP contribution in [0.2, 0.25) is 0 Å². The average molecular weight is 409 g/mol. The maximum absolute atomic E-state index is 14.6. The van der Waals surface area contributed by atoms with Gasteiger partial charge in [-0.25, -0.2) is 4.39 Å². The van der Waals surface area contributed by atoms with Crippen LogP contribution >= 0.6 is 0 Å². The highest BCUT2D eigenvalue weighted by atomic mass is 19.2. The summed E-state index contributed by atoms with van der Waals surface area (Å²) in [5, 5.41) is 0. The first-order valence-corrected chi connectivity index (χ1v) is 11.1. The van der Waals surface area contributed by atoms with Crippen LogP contribution < -0.4 is 4.74 Å². The van der Waals surface area contributed by atoms with Crippen molar-refractivity contribution in [2.24, 2.45) is 5.92 Å². The summed E-state index contributed by atoms with van der Waals surface area (Å²) >= 11 is 0. The second-order valence-corrected chi connectivity index (χ2v) is 8.34. The Morgan fingerprint density at radius 1 is 1.10 bits per heavy atom. The lowest BCUT2D eigenvalue weighted by Crippen LogP contribution is -2.32. The number of ether oxygens (including phenoxy) is 3. The zero-order valence-electron chi connectivity index (χ0n) is 17.5. The summed E-state index contributed by atoms with van der Waals surface area (Å²) in [5.74, 6) is -1.02. The zero-order chi connectivity index (χ0) is 20.6. The lowest BCUT2D eigenvalue weighted by atomic mass is 9.78. The molecule has 1 heterocycles. The van der Waals surface area contributed by atoms with Crippen LogP contribution in [0.1, 0.15) is 69.8 Å². The maximum atomic E-state index is 14.6. The highest BCUT2D eigenvalue weighted by molar-refractivity contribution is 5.33. The van der Waals surface area contributed by atoms with Gasteiger partial charge in [-0.1, -0.05) is 25.5 Å². The minimum atomic E-state index is -0.848. The largest absolute Gasteiger partial charge is 0.490 e. The van der Waals surface area contributed by atoms with Gasteiger partial charge in [0.1, 0.15) is 0 Å². The van der Waals surface area contributed by atoms with Crippen molar-refractivity contribution in [1.82, 2.24) is 0 Å². The highest BCUT2D eigenvalue weighted by Gasteiger charge is 2.28. The van der Waals surface area contributed by atoms with Crippen molar-refractivity contribution < 1.29 is 23.0 Å². The number of unbranched alkanes of at least 4 members (excludes halogenated alkanes) is 1. The molecule has 0 aromatic heterocycles. The molecule has 3 nitrogen and oxygen atoms in total. The molecule has 2 atom stereocenters. The van der Waals surface area contributed by atoms with Crippen molar-refractivity contribution in [2.45, 2.75) is 76.4 Å². The molecule has 2 fully saturated rings. The van der Waals surface area contributed by atoms with Crippen LogP contribution in [0.3, 0.4) is 0 Å². The van der Waals surface area contributed by atoms with Crippen molar-refractivity contribution in [2.75, 3.05) is 19.8 Å². The van der Waals surface area contributed by atoms with Gasteiger partial charge >= 0.3 is 0 Å². The molecular weight excluding hydrogens is 374 g/mol. The SMILES string of the molecule is C=CC1CCC(OCC2CCC(c3ccc(OCCCC)c(F)c3F)CC2)CO1. The van der Waals surface area contributed by atoms with Crippen LogP contribution in [0.15, 0.2) is 24.8 Å². The van der Waals surface area contributed by atoms with Crippen LogP contribution in [0.25, 0.3) is 0 Å². The van der Waals surface area contributed by atoms with E-state index in [0.717, 1.165) is 58.0 Å². The molecule has 2 aliphatic rings. The molecule has 1 saturated heterocycles. The molecule has 1 aromatic rings. The molecule has 1 aliphatic heterocycles. The lowest BCUT2D eigenvalue weighted by molar-refractivity contribution is -0.0814. The summed E-state index contributed by atoms with van der Waals surface area (Å²) in [6, 6.07) is 3.29. The van der Waals surface area contributed by atoms with E-state index in [1.807, 2.05) is 13.0 Å². The van der Waals surface area contributed by atoms with Gasteiger partial charge in [-0.05, 0) is 68.4 Å². The van der Waals surface area contributed by atoms with Gasteiger partial charge in [-0.15, -0.1) is 6.58 Å². The molecule has 1 saturated carbocycles. The predicted octanol–water partition coefficient (Wildman–Crippen LogP) is 6.17. The Hall–Kier alpha value is -1.46. The number of rotatable bonds is 9. The molecule has 0 amide bonds. The van der Waals surface area contributed by atoms with E-state index in [1.165, 1.54) is 0 Å². The van der Waals surface area contributed by atoms with Crippen molar-refractivity contribution in [3.8, 4) is 5.75 Å². The normalized spacial score (nSPS) is 27.6. The van der Waals surface area contributed by atoms with E-state index >= 15 is 0 Å². The molecule has 3 rings (SSSR count). The zero-order valence-corrected chi connectivity index (χ0v) is 17.5. The van der Waals surface area contributed by atoms with Crippen LogP contribution in [0.5, 0.6) is 5.75 Å². The fourth-order valence-corrected chi connectivity index (χ4v) is 4.28. The van der Waals surface area contributed by atoms with Gasteiger partial charge in [0.25, 0.3) is 0 Å². The van der Waals surface area contributed by atoms with E-state index in [4.69, 9.17) is 14.2 Å². The smallest absolute Gasteiger partial charge is 0.200 e. The van der Waals surface area contributed by atoms with Crippen molar-refractivity contribution >= 4 is 0 Å². The van der Waals surface area contributed by atoms with Gasteiger partial charge in [-0.2, -0.15) is 4.39 Å². The van der Waals surface area contributed by atoms with E-state index in [2.05, 4.69) is 6.58 Å². The first kappa shape index (κ1) is 22.2. The maximum Gasteiger partial charge on any atom is 0.200 e. The molecule has 5 heteroatoms. The molecular formula is C24H34F2O3. The first-order valence-electron chi connectivity index (χ1n) is 11.1. The predicted molar refractivity (Wildman–Crippen MR) is 110 cm³/mol. The number of hydrogen-bond acceptors (Lipinski definition) is 3. The average Bonchev–Trinajstić information content (AvgIpc) is 2.76. The Labute approximate surface area is 173 Å². The van der Waals surface area contributed by atoms with E-state index < -0.39 is 11.6 Å². The molecule has 0 spiro atoms. The lowest BCUT2D eigenvalue weighted by Gasteiger charge is -2.32. The fraction of sp³-hybridized carbons (Fsp3) is 0.667. The summed E-state index contributed by atoms with van der Waals surface area (Å²) in [5.41, 5.74) is 0.487. The van der Waals surface area contributed by atoms with Gasteiger partial charge in [-0.3, -0.25) is 0 Å². The van der Waals surface area contributed by atoms with Gasteiger partial charge in [0.05, 0.1) is 25.4 Å². The number of hydrogen-bond donors (Lipinski definition) is 0. The van der Waals surface area contributed by atoms with E-state index in [0.29, 0.717) is 24.7 Å². The Balaban J connectivity index is 1.45. The minimum Gasteiger partial charge on any atom is -0.490 e. The third-order valence-electron chi connectivity index (χ3n) is 6.22. The molecule has 162 valence electrons. The third-order valence-corrected chi connectivity index (χ3v) is 6.22. The summed E-state index contributed by atoms with van der Waals surface area (Å²) in [6.07, 6.45) is 9.60. The summed E-state index contributed by atoms with van der Waals surface area (Å²) < 4.78 is 46.1. The molecule has 29 heavy (non-hydrogen) atoms. The van der Waals surface area contributed by atoms with Gasteiger partial charge < -0.3 is 14.2 Å². The number of halogens is 2. The second-order valence-electron chi connectivity index (χ2n) is 8.34. The molecule has 1 aromatic carbocycles. The van der Waals surface area contributed by atoms with Crippen molar-refractivity contribution in [3.05, 3.63) is 42.0 Å². The van der Waals surface area contributed by atoms with Crippen LogP contribution in [0, 0.1) is 17.6 Å². The molecule has 2 unspecified atom stereocenters. The van der Waals surface area contributed by atoms with Crippen molar-refractivity contribution in [1.29, 1.82) is 0 Å². The monoisotopic (exact) mass is 408 g/mol. The van der Waals surface area contributed by atoms with E-state index in [1.54, 1.807) is 12.1 Å². The molecule has 0 bridgehead atoms. The van der Waals surface area contributed by atoms with Gasteiger partial charge in [0.2, 0.25) is 5.82 Å². The molecule has 0 N–H and O–H groups in total. The molecule has 0 radical (unpaired) electrons. The third kappa shape index (κ3) is 6.02. The summed E-state index contributed by atoms with van der Waals surface area (Å²) in [6.45, 7) is 7.57. The number of benzene rings is 1. The first-order chi connectivity index (χ1) is 14.1. The van der Waals surface area contributed by atoms with E-state index in [-0.39, 0.29) is 23.9 Å².